The van der Waals surface area contributed by atoms with E-state index < -0.39 is 30.0 Å². The van der Waals surface area contributed by atoms with Gasteiger partial charge in [-0.25, -0.2) is 13.9 Å². The number of carbonyl (C=O) groups is 1. The normalized spacial score (nSPS) is 11.7. The van der Waals surface area contributed by atoms with Crippen LogP contribution >= 0.6 is 11.6 Å². The number of rotatable bonds is 4. The van der Waals surface area contributed by atoms with E-state index in [-0.39, 0.29) is 22.2 Å². The first-order valence-electron chi connectivity index (χ1n) is 9.03. The number of carbonyl (C=O) groups excluding carboxylic acids is 1. The molecule has 0 saturated heterocycles. The van der Waals surface area contributed by atoms with Crippen molar-refractivity contribution in [3.05, 3.63) is 76.5 Å². The van der Waals surface area contributed by atoms with Crippen LogP contribution in [-0.2, 0) is 12.7 Å². The lowest BCUT2D eigenvalue weighted by molar-refractivity contribution is -0.137. The highest BCUT2D eigenvalue weighted by Gasteiger charge is 2.31. The predicted octanol–water partition coefficient (Wildman–Crippen LogP) is 4.11. The predicted molar refractivity (Wildman–Crippen MR) is 108 cm³/mol. The first kappa shape index (κ1) is 21.5. The van der Waals surface area contributed by atoms with Gasteiger partial charge in [0.05, 0.1) is 11.1 Å². The molecule has 0 saturated carbocycles. The highest BCUT2D eigenvalue weighted by Crippen LogP contribution is 2.30. The van der Waals surface area contributed by atoms with Gasteiger partial charge in [0.1, 0.15) is 11.0 Å². The first-order valence-corrected chi connectivity index (χ1v) is 9.41. The maximum absolute atomic E-state index is 13.9. The zero-order valence-corrected chi connectivity index (χ0v) is 16.7. The lowest BCUT2D eigenvalue weighted by Gasteiger charge is -2.12. The van der Waals surface area contributed by atoms with Crippen molar-refractivity contribution in [3.8, 4) is 11.1 Å². The van der Waals surface area contributed by atoms with Crippen LogP contribution in [-0.4, -0.2) is 25.5 Å². The molecule has 0 spiro atoms. The van der Waals surface area contributed by atoms with Crippen molar-refractivity contribution in [1.29, 1.82) is 0 Å². The molecule has 7 nitrogen and oxygen atoms in total. The molecule has 0 bridgehead atoms. The average molecular weight is 465 g/mol. The smallest absolute Gasteiger partial charge is 0.366 e. The number of benzene rings is 1. The van der Waals surface area contributed by atoms with Gasteiger partial charge in [-0.05, 0) is 42.0 Å². The maximum atomic E-state index is 13.9. The van der Waals surface area contributed by atoms with Gasteiger partial charge in [-0.3, -0.25) is 4.79 Å². The monoisotopic (exact) mass is 464 g/mol. The Morgan fingerprint density at radius 1 is 1.16 bits per heavy atom. The lowest BCUT2D eigenvalue weighted by Crippen LogP contribution is -2.24. The second kappa shape index (κ2) is 8.08. The van der Waals surface area contributed by atoms with Gasteiger partial charge >= 0.3 is 6.18 Å². The van der Waals surface area contributed by atoms with Gasteiger partial charge in [-0.1, -0.05) is 11.6 Å². The third-order valence-corrected chi connectivity index (χ3v) is 4.88. The molecule has 3 N–H and O–H groups in total. The minimum absolute atomic E-state index is 0.0302. The van der Waals surface area contributed by atoms with E-state index in [2.05, 4.69) is 20.4 Å². The minimum atomic E-state index is -4.63. The Morgan fingerprint density at radius 3 is 2.69 bits per heavy atom. The van der Waals surface area contributed by atoms with E-state index in [0.717, 1.165) is 0 Å². The summed E-state index contributed by atoms with van der Waals surface area (Å²) in [5.74, 6) is -1.51. The van der Waals surface area contributed by atoms with Gasteiger partial charge in [-0.15, -0.1) is 5.10 Å². The van der Waals surface area contributed by atoms with Crippen LogP contribution in [0.3, 0.4) is 0 Å². The topological polar surface area (TPSA) is 98.2 Å². The molecule has 4 rings (SSSR count). The average Bonchev–Trinajstić information content (AvgIpc) is 3.11. The second-order valence-electron chi connectivity index (χ2n) is 6.74. The summed E-state index contributed by atoms with van der Waals surface area (Å²) in [7, 11) is 0. The van der Waals surface area contributed by atoms with Gasteiger partial charge < -0.3 is 11.1 Å². The molecule has 3 heterocycles. The number of fused-ring (bicyclic) bond motifs is 1. The Balaban J connectivity index is 1.58. The molecule has 0 aliphatic rings. The van der Waals surface area contributed by atoms with Crippen LogP contribution in [0.4, 0.5) is 23.5 Å². The zero-order chi connectivity index (χ0) is 23.0. The SMILES string of the molecule is Nc1nc2cc(-c3cnc(Cl)c(C(=O)NCc4cc(C(F)(F)F)ccc4F)c3)ccn2n1. The van der Waals surface area contributed by atoms with Crippen LogP contribution in [0.1, 0.15) is 21.5 Å². The summed E-state index contributed by atoms with van der Waals surface area (Å²) in [6, 6.07) is 6.81. The molecular weight excluding hydrogens is 452 g/mol. The molecule has 1 amide bonds. The lowest BCUT2D eigenvalue weighted by atomic mass is 10.1. The Kier molecular flexibility index (Phi) is 5.43. The number of amides is 1. The molecule has 1 aromatic carbocycles. The minimum Gasteiger partial charge on any atom is -0.366 e. The van der Waals surface area contributed by atoms with Crippen molar-refractivity contribution in [2.24, 2.45) is 0 Å². The largest absolute Gasteiger partial charge is 0.416 e. The molecule has 0 aliphatic carbocycles. The van der Waals surface area contributed by atoms with Crippen LogP contribution in [0.15, 0.2) is 48.8 Å². The fourth-order valence-electron chi connectivity index (χ4n) is 3.00. The summed E-state index contributed by atoms with van der Waals surface area (Å²) in [6.07, 6.45) is -1.57. The number of nitrogens with zero attached hydrogens (tertiary/aromatic N) is 4. The molecule has 4 aromatic rings. The van der Waals surface area contributed by atoms with Gasteiger partial charge in [0.2, 0.25) is 5.95 Å². The Labute approximate surface area is 182 Å². The highest BCUT2D eigenvalue weighted by atomic mass is 35.5. The fourth-order valence-corrected chi connectivity index (χ4v) is 3.19. The number of pyridine rings is 2. The summed E-state index contributed by atoms with van der Waals surface area (Å²) < 4.78 is 54.0. The van der Waals surface area contributed by atoms with Crippen molar-refractivity contribution in [2.45, 2.75) is 12.7 Å². The van der Waals surface area contributed by atoms with Crippen LogP contribution in [0.5, 0.6) is 0 Å². The summed E-state index contributed by atoms with van der Waals surface area (Å²) in [4.78, 5) is 20.7. The second-order valence-corrected chi connectivity index (χ2v) is 7.10. The van der Waals surface area contributed by atoms with Gasteiger partial charge in [0, 0.05) is 30.1 Å². The summed E-state index contributed by atoms with van der Waals surface area (Å²) >= 11 is 6.04. The van der Waals surface area contributed by atoms with Gasteiger partial charge in [-0.2, -0.15) is 18.2 Å². The number of alkyl halides is 3. The van der Waals surface area contributed by atoms with Gasteiger partial charge in [0.15, 0.2) is 5.65 Å². The number of hydrogen-bond donors (Lipinski definition) is 2. The molecule has 32 heavy (non-hydrogen) atoms. The quantitative estimate of drug-likeness (QED) is 0.350. The molecule has 164 valence electrons. The Morgan fingerprint density at radius 2 is 1.94 bits per heavy atom. The van der Waals surface area contributed by atoms with E-state index in [0.29, 0.717) is 35.0 Å². The van der Waals surface area contributed by atoms with Gasteiger partial charge in [0.25, 0.3) is 5.91 Å². The molecule has 3 aromatic heterocycles. The van der Waals surface area contributed by atoms with Crippen LogP contribution in [0, 0.1) is 5.82 Å². The standard InChI is InChI=1S/C20H13ClF4N6O/c21-17-14(18(32)28-9-12-5-13(20(23,24)25)1-2-15(12)22)6-11(8-27-17)10-3-4-31-16(7-10)29-19(26)30-31/h1-8H,9H2,(H2,26,30)(H,28,32). The van der Waals surface area contributed by atoms with Crippen LogP contribution in [0.2, 0.25) is 5.15 Å². The van der Waals surface area contributed by atoms with E-state index in [4.69, 9.17) is 17.3 Å². The first-order chi connectivity index (χ1) is 15.1. The van der Waals surface area contributed by atoms with E-state index >= 15 is 0 Å². The number of hydrogen-bond acceptors (Lipinski definition) is 5. The number of aromatic nitrogens is 4. The van der Waals surface area contributed by atoms with E-state index in [9.17, 15) is 22.4 Å². The van der Waals surface area contributed by atoms with Crippen LogP contribution < -0.4 is 11.1 Å². The molecular formula is C20H13ClF4N6O. The molecule has 0 atom stereocenters. The Hall–Kier alpha value is -3.73. The molecule has 12 heteroatoms. The van der Waals surface area contributed by atoms with Crippen molar-refractivity contribution in [1.82, 2.24) is 24.9 Å². The van der Waals surface area contributed by atoms with Crippen molar-refractivity contribution >= 4 is 29.1 Å². The molecule has 0 fully saturated rings. The Bertz CT molecular complexity index is 1340. The number of nitrogens with two attached hydrogens (primary N) is 1. The van der Waals surface area contributed by atoms with E-state index in [1.54, 1.807) is 18.3 Å². The van der Waals surface area contributed by atoms with Crippen molar-refractivity contribution in [2.75, 3.05) is 5.73 Å². The summed E-state index contributed by atoms with van der Waals surface area (Å²) in [5, 5.41) is 6.22. The zero-order valence-electron chi connectivity index (χ0n) is 16.0. The number of nitrogen functional groups attached to an aromatic ring is 1. The molecule has 0 unspecified atom stereocenters. The third kappa shape index (κ3) is 4.33. The number of nitrogens with one attached hydrogen (secondary N) is 1. The van der Waals surface area contributed by atoms with Crippen LogP contribution in [0.25, 0.3) is 16.8 Å². The molecule has 0 radical (unpaired) electrons. The van der Waals surface area contributed by atoms with E-state index in [1.165, 1.54) is 16.8 Å². The number of halogens is 5. The molecule has 0 aliphatic heterocycles. The summed E-state index contributed by atoms with van der Waals surface area (Å²) in [5.41, 5.74) is 5.85. The summed E-state index contributed by atoms with van der Waals surface area (Å²) in [6.45, 7) is -0.472. The fraction of sp³-hybridized carbons (Fsp3) is 0.100. The number of anilines is 1. The maximum Gasteiger partial charge on any atom is 0.416 e. The van der Waals surface area contributed by atoms with Crippen molar-refractivity contribution in [3.63, 3.8) is 0 Å². The highest BCUT2D eigenvalue weighted by molar-refractivity contribution is 6.32. The van der Waals surface area contributed by atoms with E-state index in [1.807, 2.05) is 0 Å². The third-order valence-electron chi connectivity index (χ3n) is 4.58. The van der Waals surface area contributed by atoms with Crippen molar-refractivity contribution < 1.29 is 22.4 Å².